The number of esters is 1. The summed E-state index contributed by atoms with van der Waals surface area (Å²) in [7, 11) is 0. The fraction of sp³-hybridized carbons (Fsp3) is 0.471. The molecule has 1 aromatic heterocycles. The molecule has 0 unspecified atom stereocenters. The zero-order valence-corrected chi connectivity index (χ0v) is 27.4. The molecule has 0 fully saturated rings. The fourth-order valence-electron chi connectivity index (χ4n) is 5.27. The maximum absolute atomic E-state index is 14.2. The van der Waals surface area contributed by atoms with E-state index in [1.165, 1.54) is 5.56 Å². The highest BCUT2D eigenvalue weighted by Gasteiger charge is 2.29. The lowest BCUT2D eigenvalue weighted by Gasteiger charge is -2.29. The Balaban J connectivity index is 1.74. The summed E-state index contributed by atoms with van der Waals surface area (Å²) in [4.78, 5) is 44.5. The van der Waals surface area contributed by atoms with Crippen molar-refractivity contribution >= 4 is 33.7 Å². The molecule has 0 saturated heterocycles. The van der Waals surface area contributed by atoms with Crippen LogP contribution in [-0.4, -0.2) is 63.6 Å². The average Bonchev–Trinajstić information content (AvgIpc) is 3.33. The summed E-state index contributed by atoms with van der Waals surface area (Å²) in [5, 5.41) is 4.77. The molecule has 0 bridgehead atoms. The van der Waals surface area contributed by atoms with E-state index in [1.54, 1.807) is 22.9 Å². The lowest BCUT2D eigenvalue weighted by Crippen LogP contribution is -2.36. The van der Waals surface area contributed by atoms with Gasteiger partial charge in [-0.2, -0.15) is 5.10 Å². The Kier molecular flexibility index (Phi) is 11.6. The van der Waals surface area contributed by atoms with E-state index < -0.39 is 5.97 Å². The number of amides is 2. The second kappa shape index (κ2) is 15.3. The molecular weight excluding hydrogens is 608 g/mol. The molecule has 0 N–H and O–H groups in total. The number of unbranched alkanes of at least 4 members (excludes halogenated alkanes) is 3. The summed E-state index contributed by atoms with van der Waals surface area (Å²) in [5.74, 6) is -0.791. The zero-order chi connectivity index (χ0) is 30.9. The van der Waals surface area contributed by atoms with Gasteiger partial charge in [0.2, 0.25) is 0 Å². The van der Waals surface area contributed by atoms with Gasteiger partial charge < -0.3 is 14.5 Å². The first-order chi connectivity index (χ1) is 20.8. The number of benzene rings is 2. The molecule has 1 aliphatic rings. The van der Waals surface area contributed by atoms with Crippen LogP contribution in [0.25, 0.3) is 5.69 Å². The molecular formula is C34H43BrN4O4. The molecule has 2 amide bonds. The minimum absolute atomic E-state index is 0.132. The van der Waals surface area contributed by atoms with E-state index in [0.717, 1.165) is 50.5 Å². The summed E-state index contributed by atoms with van der Waals surface area (Å²) < 4.78 is 7.71. The van der Waals surface area contributed by atoms with E-state index in [2.05, 4.69) is 35.8 Å². The summed E-state index contributed by atoms with van der Waals surface area (Å²) >= 11 is 3.63. The van der Waals surface area contributed by atoms with Crippen molar-refractivity contribution in [3.63, 3.8) is 0 Å². The van der Waals surface area contributed by atoms with Crippen LogP contribution in [0.3, 0.4) is 0 Å². The first-order valence-corrected chi connectivity index (χ1v) is 16.3. The van der Waals surface area contributed by atoms with E-state index in [1.807, 2.05) is 41.8 Å². The number of carbonyl (C=O) groups excluding carboxylic acids is 3. The predicted octanol–water partition coefficient (Wildman–Crippen LogP) is 7.14. The van der Waals surface area contributed by atoms with E-state index in [-0.39, 0.29) is 11.8 Å². The summed E-state index contributed by atoms with van der Waals surface area (Å²) in [5.41, 5.74) is 4.54. The average molecular weight is 652 g/mol. The molecule has 0 radical (unpaired) electrons. The first kappa shape index (κ1) is 32.5. The van der Waals surface area contributed by atoms with Crippen LogP contribution in [0.4, 0.5) is 0 Å². The van der Waals surface area contributed by atoms with Gasteiger partial charge >= 0.3 is 5.97 Å². The van der Waals surface area contributed by atoms with Gasteiger partial charge in [0.1, 0.15) is 0 Å². The second-order valence-corrected chi connectivity index (χ2v) is 11.9. The Labute approximate surface area is 263 Å². The van der Waals surface area contributed by atoms with E-state index in [4.69, 9.17) is 9.84 Å². The SMILES string of the molecule is CCCCOC(=O)c1ccc(-n2nc(C(=O)N(CCCC)CCCC)c(Br)c2C)c(C(=O)N2CCc3ccccc3C2)c1. The Morgan fingerprint density at radius 2 is 1.63 bits per heavy atom. The van der Waals surface area contributed by atoms with Gasteiger partial charge in [0.15, 0.2) is 5.69 Å². The third-order valence-corrected chi connectivity index (χ3v) is 8.89. The largest absolute Gasteiger partial charge is 0.462 e. The van der Waals surface area contributed by atoms with Crippen molar-refractivity contribution in [2.75, 3.05) is 26.2 Å². The molecule has 2 heterocycles. The number of carbonyl (C=O) groups is 3. The summed E-state index contributed by atoms with van der Waals surface area (Å²) in [6.45, 7) is 10.8. The van der Waals surface area contributed by atoms with Crippen LogP contribution in [0.2, 0.25) is 0 Å². The number of halogens is 1. The van der Waals surface area contributed by atoms with Crippen LogP contribution >= 0.6 is 15.9 Å². The quantitative estimate of drug-likeness (QED) is 0.145. The molecule has 0 saturated carbocycles. The van der Waals surface area contributed by atoms with Crippen LogP contribution in [0.5, 0.6) is 0 Å². The third-order valence-electron chi connectivity index (χ3n) is 7.94. The Morgan fingerprint density at radius 1 is 0.953 bits per heavy atom. The maximum Gasteiger partial charge on any atom is 0.338 e. The van der Waals surface area contributed by atoms with E-state index in [9.17, 15) is 14.4 Å². The first-order valence-electron chi connectivity index (χ1n) is 15.5. The number of nitrogens with zero attached hydrogens (tertiary/aromatic N) is 4. The third kappa shape index (κ3) is 7.55. The van der Waals surface area contributed by atoms with Gasteiger partial charge in [0.25, 0.3) is 11.8 Å². The molecule has 1 aliphatic heterocycles. The lowest BCUT2D eigenvalue weighted by atomic mass is 9.98. The van der Waals surface area contributed by atoms with Crippen LogP contribution in [-0.2, 0) is 17.7 Å². The molecule has 0 spiro atoms. The Bertz CT molecular complexity index is 1440. The number of fused-ring (bicyclic) bond motifs is 1. The Morgan fingerprint density at radius 3 is 2.30 bits per heavy atom. The summed E-state index contributed by atoms with van der Waals surface area (Å²) in [6, 6.07) is 13.2. The van der Waals surface area contributed by atoms with Gasteiger partial charge in [-0.25, -0.2) is 9.48 Å². The molecule has 3 aromatic rings. The van der Waals surface area contributed by atoms with Crippen molar-refractivity contribution in [1.29, 1.82) is 0 Å². The zero-order valence-electron chi connectivity index (χ0n) is 25.8. The molecule has 9 heteroatoms. The number of ether oxygens (including phenoxy) is 1. The maximum atomic E-state index is 14.2. The molecule has 2 aromatic carbocycles. The minimum atomic E-state index is -0.463. The summed E-state index contributed by atoms with van der Waals surface area (Å²) in [6.07, 6.45) is 6.25. The topological polar surface area (TPSA) is 84.7 Å². The Hall–Kier alpha value is -3.46. The number of hydrogen-bond donors (Lipinski definition) is 0. The number of aromatic nitrogens is 2. The normalized spacial score (nSPS) is 12.6. The highest BCUT2D eigenvalue weighted by atomic mass is 79.9. The van der Waals surface area contributed by atoms with Crippen molar-refractivity contribution in [1.82, 2.24) is 19.6 Å². The highest BCUT2D eigenvalue weighted by molar-refractivity contribution is 9.10. The van der Waals surface area contributed by atoms with Crippen LogP contribution in [0.15, 0.2) is 46.9 Å². The van der Waals surface area contributed by atoms with Crippen molar-refractivity contribution in [3.05, 3.63) is 80.6 Å². The molecule has 4 rings (SSSR count). The predicted molar refractivity (Wildman–Crippen MR) is 172 cm³/mol. The van der Waals surface area contributed by atoms with Gasteiger partial charge in [0, 0.05) is 26.2 Å². The standard InChI is InChI=1S/C34H43BrN4O4/c1-5-8-18-37(19-9-6-2)33(41)31-30(35)24(4)39(36-31)29-16-15-26(34(42)43-21-10-7-3)22-28(29)32(40)38-20-17-25-13-11-12-14-27(25)23-38/h11-16,22H,5-10,17-21,23H2,1-4H3. The van der Waals surface area contributed by atoms with Gasteiger partial charge in [0.05, 0.1) is 33.6 Å². The smallest absolute Gasteiger partial charge is 0.338 e. The molecule has 0 aliphatic carbocycles. The second-order valence-electron chi connectivity index (χ2n) is 11.1. The van der Waals surface area contributed by atoms with Gasteiger partial charge in [-0.1, -0.05) is 64.3 Å². The van der Waals surface area contributed by atoms with E-state index >= 15 is 0 Å². The fourth-order valence-corrected chi connectivity index (χ4v) is 5.68. The molecule has 230 valence electrons. The minimum Gasteiger partial charge on any atom is -0.462 e. The molecule has 0 atom stereocenters. The van der Waals surface area contributed by atoms with Gasteiger partial charge in [-0.15, -0.1) is 0 Å². The van der Waals surface area contributed by atoms with E-state index in [0.29, 0.717) is 65.5 Å². The molecule has 8 nitrogen and oxygen atoms in total. The monoisotopic (exact) mass is 650 g/mol. The number of hydrogen-bond acceptors (Lipinski definition) is 5. The highest BCUT2D eigenvalue weighted by Crippen LogP contribution is 2.29. The van der Waals surface area contributed by atoms with Crippen LogP contribution in [0.1, 0.15) is 107 Å². The van der Waals surface area contributed by atoms with Crippen LogP contribution < -0.4 is 0 Å². The van der Waals surface area contributed by atoms with Crippen molar-refractivity contribution in [2.24, 2.45) is 0 Å². The van der Waals surface area contributed by atoms with Crippen molar-refractivity contribution in [3.8, 4) is 5.69 Å². The molecule has 43 heavy (non-hydrogen) atoms. The van der Waals surface area contributed by atoms with Gasteiger partial charge in [-0.05, 0) is 77.9 Å². The van der Waals surface area contributed by atoms with Gasteiger partial charge in [-0.3, -0.25) is 9.59 Å². The number of rotatable bonds is 13. The lowest BCUT2D eigenvalue weighted by molar-refractivity contribution is 0.0499. The van der Waals surface area contributed by atoms with Crippen molar-refractivity contribution in [2.45, 2.75) is 79.2 Å². The van der Waals surface area contributed by atoms with Crippen molar-refractivity contribution < 1.29 is 19.1 Å². The van der Waals surface area contributed by atoms with Crippen LogP contribution in [0, 0.1) is 6.92 Å².